The Balaban J connectivity index is 2.04. The molecule has 1 aliphatic heterocycles. The molecular formula is C15H21NO4S2. The predicted molar refractivity (Wildman–Crippen MR) is 86.3 cm³/mol. The standard InChI is InChI=1S/C15H21NO4S2/c1-3-20-15(17)12-8-10-16(11-9-12)22(18,19)14-6-4-13(21-2)5-7-14/h4-7,12H,3,8-11H2,1-2H3. The largest absolute Gasteiger partial charge is 0.466 e. The molecule has 0 atom stereocenters. The second-order valence-corrected chi connectivity index (χ2v) is 7.92. The van der Waals surface area contributed by atoms with Gasteiger partial charge in [0.15, 0.2) is 0 Å². The van der Waals surface area contributed by atoms with E-state index in [2.05, 4.69) is 0 Å². The van der Waals surface area contributed by atoms with Gasteiger partial charge in [-0.15, -0.1) is 11.8 Å². The van der Waals surface area contributed by atoms with Gasteiger partial charge in [-0.05, 0) is 50.3 Å². The Morgan fingerprint density at radius 2 is 1.86 bits per heavy atom. The van der Waals surface area contributed by atoms with E-state index in [1.165, 1.54) is 4.31 Å². The van der Waals surface area contributed by atoms with E-state index in [-0.39, 0.29) is 11.9 Å². The minimum absolute atomic E-state index is 0.190. The van der Waals surface area contributed by atoms with Crippen LogP contribution >= 0.6 is 11.8 Å². The van der Waals surface area contributed by atoms with E-state index in [9.17, 15) is 13.2 Å². The minimum atomic E-state index is -3.48. The number of rotatable bonds is 5. The number of benzene rings is 1. The van der Waals surface area contributed by atoms with Gasteiger partial charge in [-0.25, -0.2) is 8.42 Å². The maximum Gasteiger partial charge on any atom is 0.309 e. The van der Waals surface area contributed by atoms with Crippen LogP contribution in [0.25, 0.3) is 0 Å². The van der Waals surface area contributed by atoms with Crippen molar-refractivity contribution in [3.8, 4) is 0 Å². The first kappa shape index (κ1) is 17.3. The molecule has 0 aromatic heterocycles. The van der Waals surface area contributed by atoms with E-state index in [0.717, 1.165) is 4.90 Å². The molecule has 0 unspecified atom stereocenters. The maximum absolute atomic E-state index is 12.6. The molecule has 122 valence electrons. The Kier molecular flexibility index (Phi) is 5.88. The molecule has 1 aromatic rings. The second kappa shape index (κ2) is 7.48. The van der Waals surface area contributed by atoms with Crippen molar-refractivity contribution in [2.24, 2.45) is 5.92 Å². The van der Waals surface area contributed by atoms with Crippen LogP contribution in [0.15, 0.2) is 34.1 Å². The van der Waals surface area contributed by atoms with Crippen molar-refractivity contribution in [2.45, 2.75) is 29.6 Å². The van der Waals surface area contributed by atoms with Gasteiger partial charge < -0.3 is 4.74 Å². The highest BCUT2D eigenvalue weighted by Gasteiger charge is 2.32. The van der Waals surface area contributed by atoms with Crippen LogP contribution in [-0.4, -0.2) is 44.6 Å². The molecule has 0 aliphatic carbocycles. The summed E-state index contributed by atoms with van der Waals surface area (Å²) >= 11 is 1.57. The molecule has 5 nitrogen and oxygen atoms in total. The van der Waals surface area contributed by atoms with Gasteiger partial charge in [-0.3, -0.25) is 4.79 Å². The van der Waals surface area contributed by atoms with Crippen LogP contribution in [0.4, 0.5) is 0 Å². The van der Waals surface area contributed by atoms with Crippen molar-refractivity contribution < 1.29 is 17.9 Å². The molecule has 0 saturated carbocycles. The number of sulfonamides is 1. The molecule has 1 heterocycles. The number of carbonyl (C=O) groups excluding carboxylic acids is 1. The zero-order valence-corrected chi connectivity index (χ0v) is 14.5. The monoisotopic (exact) mass is 343 g/mol. The van der Waals surface area contributed by atoms with E-state index in [0.29, 0.717) is 37.4 Å². The van der Waals surface area contributed by atoms with Gasteiger partial charge in [0, 0.05) is 18.0 Å². The maximum atomic E-state index is 12.6. The molecule has 1 aliphatic rings. The van der Waals surface area contributed by atoms with Crippen LogP contribution in [-0.2, 0) is 19.6 Å². The van der Waals surface area contributed by atoms with Crippen molar-refractivity contribution in [3.05, 3.63) is 24.3 Å². The van der Waals surface area contributed by atoms with E-state index >= 15 is 0 Å². The molecule has 0 spiro atoms. The fourth-order valence-electron chi connectivity index (χ4n) is 2.49. The first-order valence-electron chi connectivity index (χ1n) is 7.30. The molecule has 0 amide bonds. The van der Waals surface area contributed by atoms with Gasteiger partial charge in [0.25, 0.3) is 0 Å². The number of ether oxygens (including phenoxy) is 1. The molecule has 0 radical (unpaired) electrons. The van der Waals surface area contributed by atoms with Crippen LogP contribution in [0.5, 0.6) is 0 Å². The van der Waals surface area contributed by atoms with Crippen LogP contribution in [0.3, 0.4) is 0 Å². The Morgan fingerprint density at radius 1 is 1.27 bits per heavy atom. The lowest BCUT2D eigenvalue weighted by Crippen LogP contribution is -2.40. The number of hydrogen-bond acceptors (Lipinski definition) is 5. The Morgan fingerprint density at radius 3 is 2.36 bits per heavy atom. The fraction of sp³-hybridized carbons (Fsp3) is 0.533. The molecule has 7 heteroatoms. The normalized spacial score (nSPS) is 17.4. The Bertz CT molecular complexity index is 605. The van der Waals surface area contributed by atoms with Crippen molar-refractivity contribution in [3.63, 3.8) is 0 Å². The summed E-state index contributed by atoms with van der Waals surface area (Å²) in [6, 6.07) is 6.89. The topological polar surface area (TPSA) is 63.7 Å². The first-order chi connectivity index (χ1) is 10.5. The lowest BCUT2D eigenvalue weighted by Gasteiger charge is -2.30. The van der Waals surface area contributed by atoms with Crippen LogP contribution in [0, 0.1) is 5.92 Å². The van der Waals surface area contributed by atoms with Crippen molar-refractivity contribution in [1.82, 2.24) is 4.31 Å². The average Bonchev–Trinajstić information content (AvgIpc) is 2.55. The number of carbonyl (C=O) groups is 1. The summed E-state index contributed by atoms with van der Waals surface area (Å²) in [4.78, 5) is 13.0. The summed E-state index contributed by atoms with van der Waals surface area (Å²) < 4.78 is 31.6. The number of nitrogens with zero attached hydrogens (tertiary/aromatic N) is 1. The number of hydrogen-bond donors (Lipinski definition) is 0. The third kappa shape index (κ3) is 3.83. The lowest BCUT2D eigenvalue weighted by atomic mass is 9.98. The first-order valence-corrected chi connectivity index (χ1v) is 9.96. The molecule has 0 N–H and O–H groups in total. The van der Waals surface area contributed by atoms with E-state index in [1.807, 2.05) is 18.4 Å². The van der Waals surface area contributed by atoms with Gasteiger partial charge in [-0.2, -0.15) is 4.31 Å². The summed E-state index contributed by atoms with van der Waals surface area (Å²) in [5.74, 6) is -0.408. The molecule has 1 saturated heterocycles. The fourth-order valence-corrected chi connectivity index (χ4v) is 4.37. The average molecular weight is 343 g/mol. The third-order valence-electron chi connectivity index (χ3n) is 3.77. The third-order valence-corrected chi connectivity index (χ3v) is 6.43. The van der Waals surface area contributed by atoms with Gasteiger partial charge in [0.1, 0.15) is 0 Å². The highest BCUT2D eigenvalue weighted by atomic mass is 32.2. The highest BCUT2D eigenvalue weighted by molar-refractivity contribution is 7.98. The summed E-state index contributed by atoms with van der Waals surface area (Å²) in [5, 5.41) is 0. The zero-order valence-electron chi connectivity index (χ0n) is 12.8. The van der Waals surface area contributed by atoms with Crippen LogP contribution in [0.2, 0.25) is 0 Å². The SMILES string of the molecule is CCOC(=O)C1CCN(S(=O)(=O)c2ccc(SC)cc2)CC1. The van der Waals surface area contributed by atoms with Crippen molar-refractivity contribution in [1.29, 1.82) is 0 Å². The summed E-state index contributed by atoms with van der Waals surface area (Å²) in [7, 11) is -3.48. The van der Waals surface area contributed by atoms with Gasteiger partial charge in [0.05, 0.1) is 17.4 Å². The lowest BCUT2D eigenvalue weighted by molar-refractivity contribution is -0.149. The summed E-state index contributed by atoms with van der Waals surface area (Å²) in [6.07, 6.45) is 2.98. The van der Waals surface area contributed by atoms with Gasteiger partial charge >= 0.3 is 5.97 Å². The van der Waals surface area contributed by atoms with Crippen molar-refractivity contribution in [2.75, 3.05) is 26.0 Å². The van der Waals surface area contributed by atoms with E-state index in [4.69, 9.17) is 4.74 Å². The molecule has 1 fully saturated rings. The zero-order chi connectivity index (χ0) is 16.2. The predicted octanol–water partition coefficient (Wildman–Crippen LogP) is 2.37. The molecule has 1 aromatic carbocycles. The molecule has 22 heavy (non-hydrogen) atoms. The van der Waals surface area contributed by atoms with Crippen LogP contribution < -0.4 is 0 Å². The van der Waals surface area contributed by atoms with Gasteiger partial charge in [-0.1, -0.05) is 0 Å². The Hall–Kier alpha value is -1.05. The van der Waals surface area contributed by atoms with E-state index < -0.39 is 10.0 Å². The Labute approximate surface area is 136 Å². The smallest absolute Gasteiger partial charge is 0.309 e. The van der Waals surface area contributed by atoms with Crippen molar-refractivity contribution >= 4 is 27.8 Å². The van der Waals surface area contributed by atoms with E-state index in [1.54, 1.807) is 30.8 Å². The number of thioether (sulfide) groups is 1. The second-order valence-electron chi connectivity index (χ2n) is 5.11. The molecular weight excluding hydrogens is 322 g/mol. The number of piperidine rings is 1. The summed E-state index contributed by atoms with van der Waals surface area (Å²) in [5.41, 5.74) is 0. The quantitative estimate of drug-likeness (QED) is 0.607. The molecule has 0 bridgehead atoms. The highest BCUT2D eigenvalue weighted by Crippen LogP contribution is 2.25. The van der Waals surface area contributed by atoms with Crippen LogP contribution in [0.1, 0.15) is 19.8 Å². The number of esters is 1. The molecule has 2 rings (SSSR count). The van der Waals surface area contributed by atoms with Gasteiger partial charge in [0.2, 0.25) is 10.0 Å². The summed E-state index contributed by atoms with van der Waals surface area (Å²) in [6.45, 7) is 2.85. The minimum Gasteiger partial charge on any atom is -0.466 e.